The fourth-order valence-electron chi connectivity index (χ4n) is 3.37. The highest BCUT2D eigenvalue weighted by molar-refractivity contribution is 5.91. The van der Waals surface area contributed by atoms with Crippen LogP contribution in [0.5, 0.6) is 0 Å². The Balaban J connectivity index is 1.53. The lowest BCUT2D eigenvalue weighted by atomic mass is 9.96. The zero-order chi connectivity index (χ0) is 17.8. The van der Waals surface area contributed by atoms with Gasteiger partial charge in [0.25, 0.3) is 0 Å². The summed E-state index contributed by atoms with van der Waals surface area (Å²) in [5.41, 5.74) is 3.24. The van der Waals surface area contributed by atoms with E-state index in [4.69, 9.17) is 4.52 Å². The van der Waals surface area contributed by atoms with Crippen molar-refractivity contribution in [1.82, 2.24) is 15.0 Å². The Kier molecular flexibility index (Phi) is 5.48. The van der Waals surface area contributed by atoms with Crippen molar-refractivity contribution in [3.63, 3.8) is 0 Å². The van der Waals surface area contributed by atoms with E-state index in [-0.39, 0.29) is 11.8 Å². The molecule has 1 N–H and O–H groups in total. The standard InChI is InChI=1S/C19H26N4O2/c1-13-6-7-18(20-11-13)21-19(24)16-5-4-9-23(12-16)10-8-17-14(2)22-25-15(17)3/h6-7,11,16H,4-5,8-10,12H2,1-3H3,(H,20,21,24). The van der Waals surface area contributed by atoms with Gasteiger partial charge in [0.2, 0.25) is 5.91 Å². The fraction of sp³-hybridized carbons (Fsp3) is 0.526. The summed E-state index contributed by atoms with van der Waals surface area (Å²) in [5.74, 6) is 1.61. The van der Waals surface area contributed by atoms with Crippen LogP contribution in [0.3, 0.4) is 0 Å². The molecule has 2 aromatic rings. The Labute approximate surface area is 148 Å². The van der Waals surface area contributed by atoms with E-state index < -0.39 is 0 Å². The maximum atomic E-state index is 12.5. The molecule has 6 heteroatoms. The molecule has 3 rings (SSSR count). The number of hydrogen-bond donors (Lipinski definition) is 1. The van der Waals surface area contributed by atoms with Gasteiger partial charge in [-0.25, -0.2) is 4.98 Å². The lowest BCUT2D eigenvalue weighted by molar-refractivity contribution is -0.121. The molecule has 0 spiro atoms. The summed E-state index contributed by atoms with van der Waals surface area (Å²) in [4.78, 5) is 19.2. The fourth-order valence-corrected chi connectivity index (χ4v) is 3.37. The van der Waals surface area contributed by atoms with E-state index in [0.29, 0.717) is 5.82 Å². The predicted molar refractivity (Wildman–Crippen MR) is 96.4 cm³/mol. The highest BCUT2D eigenvalue weighted by atomic mass is 16.5. The van der Waals surface area contributed by atoms with Gasteiger partial charge >= 0.3 is 0 Å². The smallest absolute Gasteiger partial charge is 0.229 e. The summed E-state index contributed by atoms with van der Waals surface area (Å²) in [6.45, 7) is 8.67. The number of piperidine rings is 1. The third-order valence-electron chi connectivity index (χ3n) is 4.90. The number of carbonyl (C=O) groups is 1. The summed E-state index contributed by atoms with van der Waals surface area (Å²) >= 11 is 0. The van der Waals surface area contributed by atoms with E-state index >= 15 is 0 Å². The molecule has 0 radical (unpaired) electrons. The van der Waals surface area contributed by atoms with E-state index in [0.717, 1.165) is 55.9 Å². The van der Waals surface area contributed by atoms with Gasteiger partial charge in [-0.1, -0.05) is 11.2 Å². The number of anilines is 1. The molecule has 0 bridgehead atoms. The van der Waals surface area contributed by atoms with Crippen LogP contribution in [0.25, 0.3) is 0 Å². The SMILES string of the molecule is Cc1ccc(NC(=O)C2CCCN(CCc3c(C)noc3C)C2)nc1. The van der Waals surface area contributed by atoms with Gasteiger partial charge in [0, 0.05) is 24.8 Å². The summed E-state index contributed by atoms with van der Waals surface area (Å²) in [6, 6.07) is 3.81. The molecule has 0 aromatic carbocycles. The second kappa shape index (κ2) is 7.78. The van der Waals surface area contributed by atoms with Crippen molar-refractivity contribution in [2.75, 3.05) is 25.0 Å². The number of hydrogen-bond acceptors (Lipinski definition) is 5. The number of nitrogens with one attached hydrogen (secondary N) is 1. The van der Waals surface area contributed by atoms with Crippen molar-refractivity contribution in [2.45, 2.75) is 40.0 Å². The molecule has 134 valence electrons. The Bertz CT molecular complexity index is 704. The number of amides is 1. The first kappa shape index (κ1) is 17.6. The molecular weight excluding hydrogens is 316 g/mol. The molecule has 1 aliphatic heterocycles. The summed E-state index contributed by atoms with van der Waals surface area (Å²) in [6.07, 6.45) is 4.65. The second-order valence-corrected chi connectivity index (χ2v) is 6.90. The molecule has 1 saturated heterocycles. The number of likely N-dealkylation sites (tertiary alicyclic amines) is 1. The van der Waals surface area contributed by atoms with Gasteiger partial charge < -0.3 is 14.7 Å². The van der Waals surface area contributed by atoms with E-state index in [2.05, 4.69) is 20.4 Å². The molecule has 1 fully saturated rings. The van der Waals surface area contributed by atoms with Crippen molar-refractivity contribution in [3.05, 3.63) is 40.9 Å². The van der Waals surface area contributed by atoms with Gasteiger partial charge in [0.15, 0.2) is 0 Å². The van der Waals surface area contributed by atoms with Gasteiger partial charge in [0.1, 0.15) is 11.6 Å². The lowest BCUT2D eigenvalue weighted by Gasteiger charge is -2.31. The van der Waals surface area contributed by atoms with Crippen molar-refractivity contribution >= 4 is 11.7 Å². The molecular formula is C19H26N4O2. The van der Waals surface area contributed by atoms with Crippen LogP contribution < -0.4 is 5.32 Å². The van der Waals surface area contributed by atoms with Gasteiger partial charge in [0.05, 0.1) is 11.6 Å². The second-order valence-electron chi connectivity index (χ2n) is 6.90. The van der Waals surface area contributed by atoms with Crippen LogP contribution in [0.4, 0.5) is 5.82 Å². The molecule has 0 aliphatic carbocycles. The molecule has 3 heterocycles. The normalized spacial score (nSPS) is 18.3. The van der Waals surface area contributed by atoms with Gasteiger partial charge in [-0.05, 0) is 58.2 Å². The first-order valence-electron chi connectivity index (χ1n) is 8.90. The lowest BCUT2D eigenvalue weighted by Crippen LogP contribution is -2.41. The van der Waals surface area contributed by atoms with Crippen LogP contribution in [0.15, 0.2) is 22.9 Å². The van der Waals surface area contributed by atoms with E-state index in [1.54, 1.807) is 6.20 Å². The van der Waals surface area contributed by atoms with Crippen LogP contribution in [0.1, 0.15) is 35.4 Å². The van der Waals surface area contributed by atoms with Crippen molar-refractivity contribution in [2.24, 2.45) is 5.92 Å². The van der Waals surface area contributed by atoms with E-state index in [1.807, 2.05) is 32.9 Å². The average Bonchev–Trinajstić information content (AvgIpc) is 2.93. The largest absolute Gasteiger partial charge is 0.361 e. The third kappa shape index (κ3) is 4.45. The summed E-state index contributed by atoms with van der Waals surface area (Å²) in [5, 5.41) is 6.96. The zero-order valence-corrected chi connectivity index (χ0v) is 15.2. The first-order valence-corrected chi connectivity index (χ1v) is 8.90. The van der Waals surface area contributed by atoms with Crippen LogP contribution in [-0.4, -0.2) is 40.6 Å². The Morgan fingerprint density at radius 2 is 2.20 bits per heavy atom. The number of aromatic nitrogens is 2. The minimum Gasteiger partial charge on any atom is -0.361 e. The van der Waals surface area contributed by atoms with Crippen molar-refractivity contribution in [3.8, 4) is 0 Å². The summed E-state index contributed by atoms with van der Waals surface area (Å²) < 4.78 is 5.23. The molecule has 6 nitrogen and oxygen atoms in total. The van der Waals surface area contributed by atoms with Crippen LogP contribution in [0, 0.1) is 26.7 Å². The monoisotopic (exact) mass is 342 g/mol. The summed E-state index contributed by atoms with van der Waals surface area (Å²) in [7, 11) is 0. The molecule has 2 aromatic heterocycles. The molecule has 1 atom stereocenters. The number of carbonyl (C=O) groups excluding carboxylic acids is 1. The maximum Gasteiger partial charge on any atom is 0.229 e. The molecule has 1 aliphatic rings. The quantitative estimate of drug-likeness (QED) is 0.905. The zero-order valence-electron chi connectivity index (χ0n) is 15.2. The minimum absolute atomic E-state index is 0.0153. The van der Waals surface area contributed by atoms with Crippen LogP contribution >= 0.6 is 0 Å². The predicted octanol–water partition coefficient (Wildman–Crippen LogP) is 2.89. The Morgan fingerprint density at radius 3 is 2.88 bits per heavy atom. The van der Waals surface area contributed by atoms with Gasteiger partial charge in [-0.2, -0.15) is 0 Å². The number of rotatable bonds is 5. The minimum atomic E-state index is 0.0153. The average molecular weight is 342 g/mol. The molecule has 0 saturated carbocycles. The van der Waals surface area contributed by atoms with E-state index in [9.17, 15) is 4.79 Å². The molecule has 1 unspecified atom stereocenters. The van der Waals surface area contributed by atoms with Crippen molar-refractivity contribution < 1.29 is 9.32 Å². The maximum absolute atomic E-state index is 12.5. The first-order chi connectivity index (χ1) is 12.0. The van der Waals surface area contributed by atoms with Crippen molar-refractivity contribution in [1.29, 1.82) is 0 Å². The van der Waals surface area contributed by atoms with Crippen LogP contribution in [0.2, 0.25) is 0 Å². The Morgan fingerprint density at radius 1 is 1.36 bits per heavy atom. The topological polar surface area (TPSA) is 71.3 Å². The van der Waals surface area contributed by atoms with E-state index in [1.165, 1.54) is 5.56 Å². The van der Waals surface area contributed by atoms with Gasteiger partial charge in [-0.15, -0.1) is 0 Å². The number of aryl methyl sites for hydroxylation is 3. The number of pyridine rings is 1. The van der Waals surface area contributed by atoms with Gasteiger partial charge in [-0.3, -0.25) is 4.79 Å². The number of nitrogens with zero attached hydrogens (tertiary/aromatic N) is 3. The molecule has 1 amide bonds. The van der Waals surface area contributed by atoms with Crippen LogP contribution in [-0.2, 0) is 11.2 Å². The highest BCUT2D eigenvalue weighted by Gasteiger charge is 2.26. The highest BCUT2D eigenvalue weighted by Crippen LogP contribution is 2.20. The third-order valence-corrected chi connectivity index (χ3v) is 4.90. The molecule has 25 heavy (non-hydrogen) atoms. The Hall–Kier alpha value is -2.21.